The summed E-state index contributed by atoms with van der Waals surface area (Å²) in [6, 6.07) is 3.81. The van der Waals surface area contributed by atoms with Crippen LogP contribution in [0.2, 0.25) is 0 Å². The molecule has 4 N–H and O–H groups in total. The summed E-state index contributed by atoms with van der Waals surface area (Å²) in [5.74, 6) is -0.293. The van der Waals surface area contributed by atoms with Crippen LogP contribution in [0.15, 0.2) is 18.3 Å². The molecule has 6 nitrogen and oxygen atoms in total. The first-order chi connectivity index (χ1) is 9.13. The smallest absolute Gasteiger partial charge is 0.274 e. The second kappa shape index (κ2) is 5.51. The molecule has 0 unspecified atom stereocenters. The zero-order chi connectivity index (χ0) is 13.8. The van der Waals surface area contributed by atoms with Crippen LogP contribution in [0.4, 0.5) is 5.69 Å². The van der Waals surface area contributed by atoms with E-state index in [1.165, 1.54) is 0 Å². The van der Waals surface area contributed by atoms with Crippen molar-refractivity contribution >= 4 is 11.6 Å². The van der Waals surface area contributed by atoms with Crippen molar-refractivity contribution in [2.45, 2.75) is 26.8 Å². The van der Waals surface area contributed by atoms with Crippen LogP contribution in [-0.2, 0) is 13.0 Å². The number of pyridine rings is 1. The third kappa shape index (κ3) is 2.73. The predicted octanol–water partition coefficient (Wildman–Crippen LogP) is 1.19. The molecule has 0 atom stereocenters. The van der Waals surface area contributed by atoms with Crippen LogP contribution in [0, 0.1) is 6.92 Å². The molecule has 0 spiro atoms. The third-order valence-electron chi connectivity index (χ3n) is 2.99. The average Bonchev–Trinajstić information content (AvgIpc) is 2.78. The van der Waals surface area contributed by atoms with Gasteiger partial charge >= 0.3 is 0 Å². The summed E-state index contributed by atoms with van der Waals surface area (Å²) in [5.41, 5.74) is 9.14. The van der Waals surface area contributed by atoms with Crippen molar-refractivity contribution in [2.24, 2.45) is 0 Å². The molecular formula is C13H17N5O. The van der Waals surface area contributed by atoms with E-state index >= 15 is 0 Å². The number of nitrogens with one attached hydrogen (secondary N) is 2. The first kappa shape index (κ1) is 13.1. The highest BCUT2D eigenvalue weighted by Crippen LogP contribution is 2.14. The molecule has 100 valence electrons. The van der Waals surface area contributed by atoms with Gasteiger partial charge in [0.05, 0.1) is 23.6 Å². The zero-order valence-electron chi connectivity index (χ0n) is 11.0. The quantitative estimate of drug-likeness (QED) is 0.768. The Hall–Kier alpha value is -2.37. The Morgan fingerprint density at radius 1 is 1.53 bits per heavy atom. The van der Waals surface area contributed by atoms with Crippen LogP contribution in [0.1, 0.15) is 34.4 Å². The minimum absolute atomic E-state index is 0.241. The molecule has 0 aliphatic heterocycles. The summed E-state index contributed by atoms with van der Waals surface area (Å²) >= 11 is 0. The maximum Gasteiger partial charge on any atom is 0.274 e. The Bertz CT molecular complexity index is 590. The molecule has 0 bridgehead atoms. The van der Waals surface area contributed by atoms with E-state index in [0.29, 0.717) is 18.7 Å². The van der Waals surface area contributed by atoms with Gasteiger partial charge in [-0.2, -0.15) is 5.10 Å². The Morgan fingerprint density at radius 2 is 2.32 bits per heavy atom. The number of aromatic nitrogens is 3. The summed E-state index contributed by atoms with van der Waals surface area (Å²) in [7, 11) is 0. The fourth-order valence-corrected chi connectivity index (χ4v) is 1.78. The van der Waals surface area contributed by atoms with E-state index in [1.54, 1.807) is 6.20 Å². The van der Waals surface area contributed by atoms with Crippen molar-refractivity contribution in [1.82, 2.24) is 20.5 Å². The maximum atomic E-state index is 12.0. The minimum Gasteiger partial charge on any atom is -0.395 e. The minimum atomic E-state index is -0.293. The van der Waals surface area contributed by atoms with Crippen LogP contribution in [0.3, 0.4) is 0 Å². The van der Waals surface area contributed by atoms with Crippen LogP contribution < -0.4 is 11.1 Å². The lowest BCUT2D eigenvalue weighted by Gasteiger charge is -2.05. The first-order valence-electron chi connectivity index (χ1n) is 6.14. The Morgan fingerprint density at radius 3 is 2.95 bits per heavy atom. The number of carbonyl (C=O) groups is 1. The van der Waals surface area contributed by atoms with E-state index < -0.39 is 0 Å². The summed E-state index contributed by atoms with van der Waals surface area (Å²) in [6.45, 7) is 4.26. The van der Waals surface area contributed by atoms with Gasteiger partial charge in [0.2, 0.25) is 0 Å². The van der Waals surface area contributed by atoms with Gasteiger partial charge in [0, 0.05) is 6.20 Å². The average molecular weight is 259 g/mol. The number of rotatable bonds is 4. The molecule has 1 amide bonds. The van der Waals surface area contributed by atoms with E-state index in [-0.39, 0.29) is 11.6 Å². The number of anilines is 1. The molecule has 0 fully saturated rings. The zero-order valence-corrected chi connectivity index (χ0v) is 11.0. The molecule has 2 heterocycles. The van der Waals surface area contributed by atoms with E-state index in [2.05, 4.69) is 20.5 Å². The number of nitrogens with two attached hydrogens (primary N) is 1. The van der Waals surface area contributed by atoms with Crippen LogP contribution in [-0.4, -0.2) is 21.1 Å². The van der Waals surface area contributed by atoms with Crippen LogP contribution >= 0.6 is 0 Å². The third-order valence-corrected chi connectivity index (χ3v) is 2.99. The molecule has 2 aromatic rings. The fourth-order valence-electron chi connectivity index (χ4n) is 1.78. The number of nitrogens with zero attached hydrogens (tertiary/aromatic N) is 2. The van der Waals surface area contributed by atoms with E-state index in [9.17, 15) is 4.79 Å². The molecule has 0 aliphatic carbocycles. The molecule has 0 saturated carbocycles. The van der Waals surface area contributed by atoms with Gasteiger partial charge in [0.1, 0.15) is 0 Å². The van der Waals surface area contributed by atoms with Crippen LogP contribution in [0.25, 0.3) is 0 Å². The number of aromatic amines is 1. The van der Waals surface area contributed by atoms with Crippen molar-refractivity contribution in [1.29, 1.82) is 0 Å². The molecule has 0 saturated heterocycles. The van der Waals surface area contributed by atoms with Gasteiger partial charge in [-0.3, -0.25) is 14.9 Å². The van der Waals surface area contributed by atoms with Crippen molar-refractivity contribution < 1.29 is 4.79 Å². The van der Waals surface area contributed by atoms with E-state index in [1.807, 2.05) is 26.0 Å². The van der Waals surface area contributed by atoms with E-state index in [4.69, 9.17) is 5.73 Å². The van der Waals surface area contributed by atoms with Gasteiger partial charge in [-0.15, -0.1) is 0 Å². The molecule has 6 heteroatoms. The molecule has 2 rings (SSSR count). The number of aryl methyl sites for hydroxylation is 2. The number of amides is 1. The molecule has 19 heavy (non-hydrogen) atoms. The van der Waals surface area contributed by atoms with Gasteiger partial charge in [-0.05, 0) is 25.0 Å². The highest BCUT2D eigenvalue weighted by Gasteiger charge is 2.16. The number of hydrogen-bond acceptors (Lipinski definition) is 4. The summed E-state index contributed by atoms with van der Waals surface area (Å²) in [6.07, 6.45) is 2.41. The predicted molar refractivity (Wildman–Crippen MR) is 72.5 cm³/mol. The summed E-state index contributed by atoms with van der Waals surface area (Å²) in [4.78, 5) is 16.2. The Kier molecular flexibility index (Phi) is 3.79. The number of nitrogen functional groups attached to an aromatic ring is 1. The van der Waals surface area contributed by atoms with Gasteiger partial charge in [0.25, 0.3) is 5.91 Å². The van der Waals surface area contributed by atoms with Gasteiger partial charge < -0.3 is 11.1 Å². The standard InChI is InChI=1S/C13H17N5O/c1-3-9-11(14)12(18-17-9)13(19)16-7-10-8(2)5-4-6-15-10/h4-6H,3,7,14H2,1-2H3,(H,16,19)(H,17,18). The maximum absolute atomic E-state index is 12.0. The van der Waals surface area contributed by atoms with Gasteiger partial charge in [-0.1, -0.05) is 13.0 Å². The van der Waals surface area contributed by atoms with Gasteiger partial charge in [-0.25, -0.2) is 0 Å². The van der Waals surface area contributed by atoms with Crippen molar-refractivity contribution in [3.05, 3.63) is 41.0 Å². The molecule has 0 aliphatic rings. The van der Waals surface area contributed by atoms with E-state index in [0.717, 1.165) is 17.0 Å². The van der Waals surface area contributed by atoms with Crippen molar-refractivity contribution in [2.75, 3.05) is 5.73 Å². The Balaban J connectivity index is 2.06. The normalized spacial score (nSPS) is 10.4. The summed E-state index contributed by atoms with van der Waals surface area (Å²) in [5, 5.41) is 9.47. The second-order valence-electron chi connectivity index (χ2n) is 4.27. The lowest BCUT2D eigenvalue weighted by molar-refractivity contribution is 0.0946. The highest BCUT2D eigenvalue weighted by atomic mass is 16.1. The first-order valence-corrected chi connectivity index (χ1v) is 6.14. The van der Waals surface area contributed by atoms with Crippen molar-refractivity contribution in [3.63, 3.8) is 0 Å². The largest absolute Gasteiger partial charge is 0.395 e. The molecular weight excluding hydrogens is 242 g/mol. The molecule has 0 radical (unpaired) electrons. The lowest BCUT2D eigenvalue weighted by Crippen LogP contribution is -2.25. The van der Waals surface area contributed by atoms with Crippen molar-refractivity contribution in [3.8, 4) is 0 Å². The fraction of sp³-hybridized carbons (Fsp3) is 0.308. The number of H-pyrrole nitrogens is 1. The topological polar surface area (TPSA) is 96.7 Å². The summed E-state index contributed by atoms with van der Waals surface area (Å²) < 4.78 is 0. The highest BCUT2D eigenvalue weighted by molar-refractivity contribution is 5.97. The molecule has 2 aromatic heterocycles. The monoisotopic (exact) mass is 259 g/mol. The number of carbonyl (C=O) groups excluding carboxylic acids is 1. The lowest BCUT2D eigenvalue weighted by atomic mass is 10.2. The SMILES string of the molecule is CCc1[nH]nc(C(=O)NCc2ncccc2C)c1N. The van der Waals surface area contributed by atoms with Crippen LogP contribution in [0.5, 0.6) is 0 Å². The van der Waals surface area contributed by atoms with Gasteiger partial charge in [0.15, 0.2) is 5.69 Å². The Labute approximate surface area is 111 Å². The second-order valence-corrected chi connectivity index (χ2v) is 4.27. The number of hydrogen-bond donors (Lipinski definition) is 3. The molecule has 0 aromatic carbocycles.